The molecule has 1 heterocycles. The second-order valence-corrected chi connectivity index (χ2v) is 10.6. The van der Waals surface area contributed by atoms with Gasteiger partial charge in [-0.15, -0.1) is 0 Å². The summed E-state index contributed by atoms with van der Waals surface area (Å²) in [5.74, 6) is 0.139. The maximum absolute atomic E-state index is 12.2. The van der Waals surface area contributed by atoms with Crippen molar-refractivity contribution in [2.75, 3.05) is 25.4 Å². The molecule has 1 saturated heterocycles. The molecule has 1 unspecified atom stereocenters. The van der Waals surface area contributed by atoms with Crippen molar-refractivity contribution < 1.29 is 13.2 Å². The first-order valence-corrected chi connectivity index (χ1v) is 12.9. The molecule has 1 aliphatic heterocycles. The van der Waals surface area contributed by atoms with Gasteiger partial charge in [-0.3, -0.25) is 4.90 Å². The van der Waals surface area contributed by atoms with Gasteiger partial charge in [0.05, 0.1) is 11.5 Å². The number of hydrogen-bond acceptors (Lipinski definition) is 4. The van der Waals surface area contributed by atoms with Gasteiger partial charge in [0.1, 0.15) is 0 Å². The molecule has 1 atom stereocenters. The number of rotatable bonds is 8. The van der Waals surface area contributed by atoms with E-state index in [9.17, 15) is 13.2 Å². The molecule has 162 valence electrons. The summed E-state index contributed by atoms with van der Waals surface area (Å²) in [6.45, 7) is 2.45. The van der Waals surface area contributed by atoms with E-state index in [2.05, 4.69) is 15.5 Å². The molecular weight excluding hydrogens is 386 g/mol. The number of urea groups is 1. The first-order valence-electron chi connectivity index (χ1n) is 11.0. The minimum Gasteiger partial charge on any atom is -0.338 e. The van der Waals surface area contributed by atoms with E-state index in [1.54, 1.807) is 0 Å². The molecule has 2 fully saturated rings. The number of likely N-dealkylation sites (tertiary alicyclic amines) is 1. The number of piperidine rings is 1. The lowest BCUT2D eigenvalue weighted by molar-refractivity contribution is 0.112. The van der Waals surface area contributed by atoms with Crippen molar-refractivity contribution in [1.82, 2.24) is 15.5 Å². The maximum Gasteiger partial charge on any atom is 0.315 e. The zero-order chi connectivity index (χ0) is 20.5. The summed E-state index contributed by atoms with van der Waals surface area (Å²) < 4.78 is 24.4. The Morgan fingerprint density at radius 3 is 2.55 bits per heavy atom. The zero-order valence-electron chi connectivity index (χ0n) is 17.3. The number of hydrogen-bond donors (Lipinski definition) is 2. The fourth-order valence-corrected chi connectivity index (χ4v) is 5.96. The van der Waals surface area contributed by atoms with Gasteiger partial charge in [0.25, 0.3) is 0 Å². The topological polar surface area (TPSA) is 78.5 Å². The number of carbonyl (C=O) groups is 1. The Kier molecular flexibility index (Phi) is 8.36. The normalized spacial score (nSPS) is 21.6. The van der Waals surface area contributed by atoms with Crippen molar-refractivity contribution >= 4 is 15.9 Å². The first-order chi connectivity index (χ1) is 14.0. The van der Waals surface area contributed by atoms with Crippen LogP contribution in [0, 0.1) is 0 Å². The minimum atomic E-state index is -3.16. The number of benzene rings is 1. The van der Waals surface area contributed by atoms with Crippen LogP contribution in [0.3, 0.4) is 0 Å². The summed E-state index contributed by atoms with van der Waals surface area (Å²) >= 11 is 0. The molecule has 29 heavy (non-hydrogen) atoms. The van der Waals surface area contributed by atoms with E-state index in [1.807, 2.05) is 30.3 Å². The molecular formula is C22H35N3O3S. The Morgan fingerprint density at radius 1 is 1.03 bits per heavy atom. The Morgan fingerprint density at radius 2 is 1.79 bits per heavy atom. The fraction of sp³-hybridized carbons (Fsp3) is 0.682. The third-order valence-electron chi connectivity index (χ3n) is 6.03. The van der Waals surface area contributed by atoms with Gasteiger partial charge in [0.2, 0.25) is 0 Å². The van der Waals surface area contributed by atoms with E-state index < -0.39 is 9.84 Å². The lowest BCUT2D eigenvalue weighted by atomic mass is 9.92. The van der Waals surface area contributed by atoms with Crippen LogP contribution in [0.5, 0.6) is 0 Å². The van der Waals surface area contributed by atoms with Gasteiger partial charge in [-0.1, -0.05) is 49.6 Å². The van der Waals surface area contributed by atoms with Crippen molar-refractivity contribution in [2.24, 2.45) is 0 Å². The lowest BCUT2D eigenvalue weighted by Gasteiger charge is -2.40. The van der Waals surface area contributed by atoms with E-state index in [4.69, 9.17) is 0 Å². The summed E-state index contributed by atoms with van der Waals surface area (Å²) in [6, 6.07) is 9.90. The predicted molar refractivity (Wildman–Crippen MR) is 117 cm³/mol. The highest BCUT2D eigenvalue weighted by Gasteiger charge is 2.27. The molecule has 2 N–H and O–H groups in total. The first kappa shape index (κ1) is 22.1. The summed E-state index contributed by atoms with van der Waals surface area (Å²) in [7, 11) is -3.16. The number of nitrogens with zero attached hydrogens (tertiary/aromatic N) is 1. The third-order valence-corrected chi connectivity index (χ3v) is 7.71. The SMILES string of the molecule is O=C(NCCCS(=O)(=O)Cc1ccccc1)NC1CCCN(C2CCCCC2)C1. The minimum absolute atomic E-state index is 0.0547. The Labute approximate surface area is 175 Å². The van der Waals surface area contributed by atoms with Crippen molar-refractivity contribution in [1.29, 1.82) is 0 Å². The smallest absolute Gasteiger partial charge is 0.315 e. The molecule has 0 radical (unpaired) electrons. The van der Waals surface area contributed by atoms with Gasteiger partial charge in [-0.25, -0.2) is 13.2 Å². The molecule has 0 aromatic heterocycles. The van der Waals surface area contributed by atoms with E-state index in [1.165, 1.54) is 32.1 Å². The fourth-order valence-electron chi connectivity index (χ4n) is 4.53. The third kappa shape index (κ3) is 7.63. The lowest BCUT2D eigenvalue weighted by Crippen LogP contribution is -2.53. The number of amides is 2. The zero-order valence-corrected chi connectivity index (χ0v) is 18.1. The Bertz CT molecular complexity index is 733. The summed E-state index contributed by atoms with van der Waals surface area (Å²) in [6.07, 6.45) is 9.16. The second kappa shape index (κ2) is 11.0. The van der Waals surface area contributed by atoms with Gasteiger partial charge < -0.3 is 10.6 Å². The van der Waals surface area contributed by atoms with E-state index in [0.29, 0.717) is 19.0 Å². The van der Waals surface area contributed by atoms with Gasteiger partial charge in [-0.2, -0.15) is 0 Å². The quantitative estimate of drug-likeness (QED) is 0.632. The van der Waals surface area contributed by atoms with Crippen LogP contribution in [0.2, 0.25) is 0 Å². The van der Waals surface area contributed by atoms with Crippen molar-refractivity contribution in [3.8, 4) is 0 Å². The highest BCUT2D eigenvalue weighted by atomic mass is 32.2. The van der Waals surface area contributed by atoms with Crippen LogP contribution < -0.4 is 10.6 Å². The monoisotopic (exact) mass is 421 g/mol. The van der Waals surface area contributed by atoms with Gasteiger partial charge >= 0.3 is 6.03 Å². The van der Waals surface area contributed by atoms with Crippen molar-refractivity contribution in [3.63, 3.8) is 0 Å². The molecule has 2 amide bonds. The molecule has 1 saturated carbocycles. The van der Waals surface area contributed by atoms with Crippen LogP contribution in [0.1, 0.15) is 56.9 Å². The predicted octanol–water partition coefficient (Wildman–Crippen LogP) is 3.09. The standard InChI is InChI=1S/C22H35N3O3S/c26-22(23-14-8-16-29(27,28)18-19-9-3-1-4-10-19)24-20-11-7-15-25(17-20)21-12-5-2-6-13-21/h1,3-4,9-10,20-21H,2,5-8,11-18H2,(H2,23,24,26). The second-order valence-electron chi connectivity index (χ2n) is 8.46. The highest BCUT2D eigenvalue weighted by molar-refractivity contribution is 7.90. The van der Waals surface area contributed by atoms with E-state index in [0.717, 1.165) is 31.5 Å². The molecule has 2 aliphatic rings. The average Bonchev–Trinajstić information content (AvgIpc) is 2.72. The number of carbonyl (C=O) groups excluding carboxylic acids is 1. The summed E-state index contributed by atoms with van der Waals surface area (Å²) in [4.78, 5) is 14.8. The summed E-state index contributed by atoms with van der Waals surface area (Å²) in [5.41, 5.74) is 0.804. The number of sulfone groups is 1. The van der Waals surface area contributed by atoms with Crippen LogP contribution >= 0.6 is 0 Å². The van der Waals surface area contributed by atoms with Gasteiger partial charge in [-0.05, 0) is 44.2 Å². The van der Waals surface area contributed by atoms with Crippen LogP contribution in [0.4, 0.5) is 4.79 Å². The maximum atomic E-state index is 12.2. The highest BCUT2D eigenvalue weighted by Crippen LogP contribution is 2.25. The Hall–Kier alpha value is -1.60. The van der Waals surface area contributed by atoms with Crippen LogP contribution in [0.15, 0.2) is 30.3 Å². The van der Waals surface area contributed by atoms with Gasteiger partial charge in [0.15, 0.2) is 9.84 Å². The average molecular weight is 422 g/mol. The largest absolute Gasteiger partial charge is 0.338 e. The van der Waals surface area contributed by atoms with E-state index >= 15 is 0 Å². The molecule has 1 aromatic carbocycles. The molecule has 7 heteroatoms. The van der Waals surface area contributed by atoms with Crippen LogP contribution in [0.25, 0.3) is 0 Å². The molecule has 1 aliphatic carbocycles. The van der Waals surface area contributed by atoms with Crippen LogP contribution in [-0.4, -0.2) is 56.8 Å². The van der Waals surface area contributed by atoms with Crippen molar-refractivity contribution in [3.05, 3.63) is 35.9 Å². The Balaban J connectivity index is 1.33. The molecule has 6 nitrogen and oxygen atoms in total. The van der Waals surface area contributed by atoms with Gasteiger partial charge in [0, 0.05) is 25.2 Å². The molecule has 0 bridgehead atoms. The summed E-state index contributed by atoms with van der Waals surface area (Å²) in [5, 5.41) is 5.91. The molecule has 0 spiro atoms. The van der Waals surface area contributed by atoms with Crippen molar-refractivity contribution in [2.45, 2.75) is 69.2 Å². The molecule has 1 aromatic rings. The van der Waals surface area contributed by atoms with Crippen LogP contribution in [-0.2, 0) is 15.6 Å². The number of nitrogens with one attached hydrogen (secondary N) is 2. The molecule has 3 rings (SSSR count). The van der Waals surface area contributed by atoms with E-state index in [-0.39, 0.29) is 23.6 Å².